The lowest BCUT2D eigenvalue weighted by Gasteiger charge is -2.11. The average Bonchev–Trinajstić information content (AvgIpc) is 2.61. The van der Waals surface area contributed by atoms with Gasteiger partial charge in [-0.05, 0) is 24.6 Å². The molecule has 5 heteroatoms. The summed E-state index contributed by atoms with van der Waals surface area (Å²) >= 11 is 1.11. The molecule has 0 aliphatic rings. The molecule has 0 aromatic heterocycles. The maximum atomic E-state index is 11.4. The molecule has 0 amide bonds. The molecular weight excluding hydrogens is 322 g/mol. The Labute approximate surface area is 144 Å². The maximum absolute atomic E-state index is 11.4. The second-order valence-corrected chi connectivity index (χ2v) is 6.06. The van der Waals surface area contributed by atoms with Crippen LogP contribution in [-0.2, 0) is 0 Å². The summed E-state index contributed by atoms with van der Waals surface area (Å²) in [5.74, 6) is 0.264. The smallest absolute Gasteiger partial charge is 0.313 e. The van der Waals surface area contributed by atoms with Crippen molar-refractivity contribution in [1.29, 1.82) is 0 Å². The first-order valence-electron chi connectivity index (χ1n) is 7.39. The minimum Gasteiger partial charge on any atom is -0.413 e. The summed E-state index contributed by atoms with van der Waals surface area (Å²) in [6, 6.07) is 22.3. The second-order valence-electron chi connectivity index (χ2n) is 5.26. The minimum atomic E-state index is -0.418. The van der Waals surface area contributed by atoms with Crippen molar-refractivity contribution in [3.8, 4) is 16.9 Å². The molecule has 3 aromatic carbocycles. The predicted octanol–water partition coefficient (Wildman–Crippen LogP) is 5.66. The third-order valence-corrected chi connectivity index (χ3v) is 4.23. The standard InChI is InChI=1S/C19H15NO3S/c1-14-10-12-15(13-11-14)17-8-5-9-18(20(21)22)19(17)23-24-16-6-3-2-4-7-16/h2-13H,1H3. The van der Waals surface area contributed by atoms with Crippen molar-refractivity contribution in [3.05, 3.63) is 88.5 Å². The fraction of sp³-hybridized carbons (Fsp3) is 0.0526. The van der Waals surface area contributed by atoms with Crippen LogP contribution >= 0.6 is 12.0 Å². The fourth-order valence-corrected chi connectivity index (χ4v) is 2.91. The third-order valence-electron chi connectivity index (χ3n) is 3.52. The van der Waals surface area contributed by atoms with E-state index >= 15 is 0 Å². The van der Waals surface area contributed by atoms with Gasteiger partial charge < -0.3 is 4.18 Å². The summed E-state index contributed by atoms with van der Waals surface area (Å²) < 4.78 is 5.78. The Morgan fingerprint density at radius 1 is 0.917 bits per heavy atom. The molecule has 0 heterocycles. The van der Waals surface area contributed by atoms with E-state index in [2.05, 4.69) is 0 Å². The van der Waals surface area contributed by atoms with Crippen LogP contribution in [0.1, 0.15) is 5.56 Å². The van der Waals surface area contributed by atoms with E-state index in [1.54, 1.807) is 6.07 Å². The van der Waals surface area contributed by atoms with E-state index in [1.165, 1.54) is 6.07 Å². The van der Waals surface area contributed by atoms with Gasteiger partial charge in [-0.1, -0.05) is 60.2 Å². The van der Waals surface area contributed by atoms with Gasteiger partial charge in [-0.15, -0.1) is 0 Å². The van der Waals surface area contributed by atoms with Crippen LogP contribution in [-0.4, -0.2) is 4.92 Å². The van der Waals surface area contributed by atoms with Gasteiger partial charge in [-0.2, -0.15) is 0 Å². The summed E-state index contributed by atoms with van der Waals surface area (Å²) in [6.45, 7) is 2.00. The lowest BCUT2D eigenvalue weighted by atomic mass is 10.0. The molecular formula is C19H15NO3S. The van der Waals surface area contributed by atoms with E-state index in [9.17, 15) is 10.1 Å². The van der Waals surface area contributed by atoms with Crippen molar-refractivity contribution in [2.45, 2.75) is 11.8 Å². The van der Waals surface area contributed by atoms with E-state index in [1.807, 2.05) is 67.6 Å². The zero-order valence-electron chi connectivity index (χ0n) is 13.0. The highest BCUT2D eigenvalue weighted by molar-refractivity contribution is 7.95. The third kappa shape index (κ3) is 3.58. The molecule has 3 rings (SSSR count). The summed E-state index contributed by atoms with van der Waals surface area (Å²) in [5.41, 5.74) is 2.67. The van der Waals surface area contributed by atoms with E-state index < -0.39 is 4.92 Å². The summed E-state index contributed by atoms with van der Waals surface area (Å²) in [6.07, 6.45) is 0. The first-order chi connectivity index (χ1) is 11.6. The first kappa shape index (κ1) is 16.1. The number of rotatable bonds is 5. The van der Waals surface area contributed by atoms with Crippen LogP contribution in [0.2, 0.25) is 0 Å². The second kappa shape index (κ2) is 7.19. The SMILES string of the molecule is Cc1ccc(-c2cccc([N+](=O)[O-])c2OSc2ccccc2)cc1. The van der Waals surface area contributed by atoms with E-state index in [4.69, 9.17) is 4.18 Å². The average molecular weight is 337 g/mol. The highest BCUT2D eigenvalue weighted by Gasteiger charge is 2.21. The predicted molar refractivity (Wildman–Crippen MR) is 96.2 cm³/mol. The van der Waals surface area contributed by atoms with Crippen LogP contribution < -0.4 is 4.18 Å². The molecule has 4 nitrogen and oxygen atoms in total. The van der Waals surface area contributed by atoms with Gasteiger partial charge in [0.25, 0.3) is 0 Å². The van der Waals surface area contributed by atoms with Gasteiger partial charge in [0.15, 0.2) is 0 Å². The molecule has 0 spiro atoms. The Bertz CT molecular complexity index is 848. The topological polar surface area (TPSA) is 52.4 Å². The lowest BCUT2D eigenvalue weighted by molar-refractivity contribution is -0.385. The van der Waals surface area contributed by atoms with Gasteiger partial charge in [-0.25, -0.2) is 0 Å². The molecule has 24 heavy (non-hydrogen) atoms. The van der Waals surface area contributed by atoms with E-state index in [-0.39, 0.29) is 11.4 Å². The number of nitro groups is 1. The van der Waals surface area contributed by atoms with Crippen molar-refractivity contribution < 1.29 is 9.11 Å². The minimum absolute atomic E-state index is 0.0449. The van der Waals surface area contributed by atoms with Crippen LogP contribution in [0.4, 0.5) is 5.69 Å². The van der Waals surface area contributed by atoms with Crippen LogP contribution in [0.5, 0.6) is 5.75 Å². The molecule has 0 saturated carbocycles. The molecule has 0 fully saturated rings. The van der Waals surface area contributed by atoms with Crippen LogP contribution in [0.25, 0.3) is 11.1 Å². The molecule has 120 valence electrons. The molecule has 0 aliphatic carbocycles. The number of aryl methyl sites for hydroxylation is 1. The monoisotopic (exact) mass is 337 g/mol. The van der Waals surface area contributed by atoms with Gasteiger partial charge >= 0.3 is 5.69 Å². The Morgan fingerprint density at radius 3 is 2.29 bits per heavy atom. The van der Waals surface area contributed by atoms with E-state index in [0.29, 0.717) is 5.56 Å². The Kier molecular flexibility index (Phi) is 4.82. The number of nitrogens with zero attached hydrogens (tertiary/aromatic N) is 1. The molecule has 0 radical (unpaired) electrons. The number of hydrogen-bond acceptors (Lipinski definition) is 4. The van der Waals surface area contributed by atoms with Crippen molar-refractivity contribution >= 4 is 17.7 Å². The number of benzene rings is 3. The first-order valence-corrected chi connectivity index (χ1v) is 8.13. The zero-order chi connectivity index (χ0) is 16.9. The van der Waals surface area contributed by atoms with Crippen LogP contribution in [0.15, 0.2) is 77.7 Å². The highest BCUT2D eigenvalue weighted by Crippen LogP contribution is 2.40. The Morgan fingerprint density at radius 2 is 1.62 bits per heavy atom. The van der Waals surface area contributed by atoms with Crippen molar-refractivity contribution in [2.75, 3.05) is 0 Å². The summed E-state index contributed by atoms with van der Waals surface area (Å²) in [7, 11) is 0. The number of nitro benzene ring substituents is 1. The molecule has 0 unspecified atom stereocenters. The Hall–Kier alpha value is -2.79. The molecule has 0 saturated heterocycles. The van der Waals surface area contributed by atoms with Crippen LogP contribution in [0, 0.1) is 17.0 Å². The largest absolute Gasteiger partial charge is 0.413 e. The maximum Gasteiger partial charge on any atom is 0.313 e. The Balaban J connectivity index is 2.00. The summed E-state index contributed by atoms with van der Waals surface area (Å²) in [4.78, 5) is 11.8. The quantitative estimate of drug-likeness (QED) is 0.342. The molecule has 0 N–H and O–H groups in total. The molecule has 0 atom stereocenters. The molecule has 0 bridgehead atoms. The lowest BCUT2D eigenvalue weighted by Crippen LogP contribution is -1.95. The zero-order valence-corrected chi connectivity index (χ0v) is 13.8. The molecule has 0 aliphatic heterocycles. The van der Waals surface area contributed by atoms with Gasteiger partial charge in [0, 0.05) is 16.5 Å². The fourth-order valence-electron chi connectivity index (χ4n) is 2.28. The van der Waals surface area contributed by atoms with Crippen LogP contribution in [0.3, 0.4) is 0 Å². The van der Waals surface area contributed by atoms with Crippen molar-refractivity contribution in [3.63, 3.8) is 0 Å². The normalized spacial score (nSPS) is 10.4. The van der Waals surface area contributed by atoms with Gasteiger partial charge in [0.1, 0.15) is 0 Å². The van der Waals surface area contributed by atoms with E-state index in [0.717, 1.165) is 28.1 Å². The molecule has 3 aromatic rings. The van der Waals surface area contributed by atoms with Gasteiger partial charge in [0.05, 0.1) is 17.0 Å². The van der Waals surface area contributed by atoms with Gasteiger partial charge in [-0.3, -0.25) is 10.1 Å². The highest BCUT2D eigenvalue weighted by atomic mass is 32.2. The number of para-hydroxylation sites is 1. The number of hydrogen-bond donors (Lipinski definition) is 0. The van der Waals surface area contributed by atoms with Crippen molar-refractivity contribution in [1.82, 2.24) is 0 Å². The van der Waals surface area contributed by atoms with Crippen molar-refractivity contribution in [2.24, 2.45) is 0 Å². The summed E-state index contributed by atoms with van der Waals surface area (Å²) in [5, 5.41) is 11.4. The van der Waals surface area contributed by atoms with Gasteiger partial charge in [0.2, 0.25) is 5.75 Å².